The molecule has 1 aliphatic carbocycles. The first-order valence-electron chi connectivity index (χ1n) is 10.8. The summed E-state index contributed by atoms with van der Waals surface area (Å²) in [5.74, 6) is 0.735. The second-order valence-corrected chi connectivity index (χ2v) is 8.37. The van der Waals surface area contributed by atoms with E-state index in [0.717, 1.165) is 31.7 Å². The Hall–Kier alpha value is -2.40. The SMILES string of the molecule is Cc1cccc(C2(CNC(=O)c3cccnc3N3CCOCC3)CCCCC2)c1. The first-order chi connectivity index (χ1) is 14.2. The number of pyridine rings is 1. The maximum atomic E-state index is 13.2. The quantitative estimate of drug-likeness (QED) is 0.838. The number of benzene rings is 1. The molecule has 2 aromatic rings. The van der Waals surface area contributed by atoms with Crippen LogP contribution in [0.15, 0.2) is 42.6 Å². The standard InChI is InChI=1S/C24H31N3O2/c1-19-7-5-8-20(17-19)24(10-3-2-4-11-24)18-26-23(28)21-9-6-12-25-22(21)27-13-15-29-16-14-27/h5-9,12,17H,2-4,10-11,13-16,18H2,1H3,(H,26,28). The molecular formula is C24H31N3O2. The van der Waals surface area contributed by atoms with Gasteiger partial charge in [0.15, 0.2) is 0 Å². The van der Waals surface area contributed by atoms with E-state index in [1.807, 2.05) is 12.1 Å². The summed E-state index contributed by atoms with van der Waals surface area (Å²) in [5.41, 5.74) is 3.32. The van der Waals surface area contributed by atoms with E-state index in [2.05, 4.69) is 46.4 Å². The molecule has 0 radical (unpaired) electrons. The zero-order chi connectivity index (χ0) is 20.1. The molecule has 0 bridgehead atoms. The largest absolute Gasteiger partial charge is 0.378 e. The third-order valence-corrected chi connectivity index (χ3v) is 6.37. The van der Waals surface area contributed by atoms with Crippen LogP contribution in [0.1, 0.15) is 53.6 Å². The summed E-state index contributed by atoms with van der Waals surface area (Å²) in [6.45, 7) is 5.70. The second-order valence-electron chi connectivity index (χ2n) is 8.37. The van der Waals surface area contributed by atoms with Crippen LogP contribution in [0.5, 0.6) is 0 Å². The zero-order valence-corrected chi connectivity index (χ0v) is 17.3. The van der Waals surface area contributed by atoms with Gasteiger partial charge in [0.1, 0.15) is 5.82 Å². The molecule has 1 saturated heterocycles. The summed E-state index contributed by atoms with van der Waals surface area (Å²) in [6, 6.07) is 12.5. The van der Waals surface area contributed by atoms with E-state index in [4.69, 9.17) is 4.74 Å². The number of anilines is 1. The van der Waals surface area contributed by atoms with Gasteiger partial charge in [-0.25, -0.2) is 4.98 Å². The average molecular weight is 394 g/mol. The summed E-state index contributed by atoms with van der Waals surface area (Å²) in [6.07, 6.45) is 7.73. The first kappa shape index (κ1) is 19.9. The molecule has 29 heavy (non-hydrogen) atoms. The average Bonchev–Trinajstić information content (AvgIpc) is 2.79. The Morgan fingerprint density at radius 3 is 2.69 bits per heavy atom. The van der Waals surface area contributed by atoms with Crippen LogP contribution in [-0.4, -0.2) is 43.7 Å². The highest BCUT2D eigenvalue weighted by Gasteiger charge is 2.34. The number of aromatic nitrogens is 1. The second kappa shape index (κ2) is 8.95. The van der Waals surface area contributed by atoms with Crippen LogP contribution in [0.3, 0.4) is 0 Å². The number of nitrogens with zero attached hydrogens (tertiary/aromatic N) is 2. The fourth-order valence-corrected chi connectivity index (χ4v) is 4.72. The Bertz CT molecular complexity index is 840. The topological polar surface area (TPSA) is 54.5 Å². The third-order valence-electron chi connectivity index (χ3n) is 6.37. The van der Waals surface area contributed by atoms with Gasteiger partial charge in [0.2, 0.25) is 0 Å². The van der Waals surface area contributed by atoms with Crippen molar-refractivity contribution in [3.63, 3.8) is 0 Å². The number of rotatable bonds is 5. The number of hydrogen-bond donors (Lipinski definition) is 1. The van der Waals surface area contributed by atoms with Crippen molar-refractivity contribution in [3.8, 4) is 0 Å². The van der Waals surface area contributed by atoms with Gasteiger partial charge in [-0.2, -0.15) is 0 Å². The molecule has 2 heterocycles. The minimum absolute atomic E-state index is 0.0290. The van der Waals surface area contributed by atoms with Crippen LogP contribution in [0.2, 0.25) is 0 Å². The number of nitrogens with one attached hydrogen (secondary N) is 1. The van der Waals surface area contributed by atoms with Gasteiger partial charge < -0.3 is 15.0 Å². The first-order valence-corrected chi connectivity index (χ1v) is 10.8. The van der Waals surface area contributed by atoms with Gasteiger partial charge in [-0.1, -0.05) is 49.1 Å². The molecule has 5 nitrogen and oxygen atoms in total. The van der Waals surface area contributed by atoms with Crippen LogP contribution in [0.25, 0.3) is 0 Å². The molecule has 0 unspecified atom stereocenters. The van der Waals surface area contributed by atoms with Crippen LogP contribution >= 0.6 is 0 Å². The summed E-state index contributed by atoms with van der Waals surface area (Å²) in [5, 5.41) is 3.27. The Balaban J connectivity index is 1.53. The van der Waals surface area contributed by atoms with Gasteiger partial charge in [-0.15, -0.1) is 0 Å². The van der Waals surface area contributed by atoms with E-state index in [0.29, 0.717) is 25.3 Å². The van der Waals surface area contributed by atoms with Crippen molar-refractivity contribution < 1.29 is 9.53 Å². The van der Waals surface area contributed by atoms with Crippen LogP contribution in [-0.2, 0) is 10.2 Å². The number of aryl methyl sites for hydroxylation is 1. The normalized spacial score (nSPS) is 19.0. The van der Waals surface area contributed by atoms with E-state index < -0.39 is 0 Å². The number of ether oxygens (including phenoxy) is 1. The highest BCUT2D eigenvalue weighted by Crippen LogP contribution is 2.39. The molecule has 4 rings (SSSR count). The maximum Gasteiger partial charge on any atom is 0.255 e. The van der Waals surface area contributed by atoms with Crippen molar-refractivity contribution in [2.24, 2.45) is 0 Å². The maximum absolute atomic E-state index is 13.2. The summed E-state index contributed by atoms with van der Waals surface area (Å²) in [4.78, 5) is 19.8. The molecular weight excluding hydrogens is 362 g/mol. The Labute approximate surface area is 173 Å². The predicted molar refractivity (Wildman–Crippen MR) is 116 cm³/mol. The summed E-state index contributed by atoms with van der Waals surface area (Å²) in [7, 11) is 0. The van der Waals surface area contributed by atoms with Crippen molar-refractivity contribution in [1.29, 1.82) is 0 Å². The van der Waals surface area contributed by atoms with Crippen LogP contribution in [0.4, 0.5) is 5.82 Å². The van der Waals surface area contributed by atoms with Gasteiger partial charge >= 0.3 is 0 Å². The summed E-state index contributed by atoms with van der Waals surface area (Å²) >= 11 is 0. The molecule has 0 spiro atoms. The fraction of sp³-hybridized carbons (Fsp3) is 0.500. The van der Waals surface area contributed by atoms with Gasteiger partial charge in [0.25, 0.3) is 5.91 Å². The van der Waals surface area contributed by atoms with E-state index >= 15 is 0 Å². The molecule has 1 aliphatic heterocycles. The predicted octanol–water partition coefficient (Wildman–Crippen LogP) is 3.86. The Morgan fingerprint density at radius 1 is 1.14 bits per heavy atom. The number of hydrogen-bond acceptors (Lipinski definition) is 4. The van der Waals surface area contributed by atoms with Gasteiger partial charge in [0, 0.05) is 31.2 Å². The van der Waals surface area contributed by atoms with E-state index in [9.17, 15) is 4.79 Å². The number of carbonyl (C=O) groups is 1. The molecule has 154 valence electrons. The lowest BCUT2D eigenvalue weighted by molar-refractivity contribution is 0.0934. The highest BCUT2D eigenvalue weighted by molar-refractivity contribution is 5.99. The van der Waals surface area contributed by atoms with E-state index in [-0.39, 0.29) is 11.3 Å². The van der Waals surface area contributed by atoms with Gasteiger partial charge in [-0.3, -0.25) is 4.79 Å². The zero-order valence-electron chi connectivity index (χ0n) is 17.3. The smallest absolute Gasteiger partial charge is 0.255 e. The molecule has 1 amide bonds. The molecule has 2 fully saturated rings. The lowest BCUT2D eigenvalue weighted by atomic mass is 9.69. The van der Waals surface area contributed by atoms with Crippen molar-refractivity contribution in [3.05, 3.63) is 59.3 Å². The van der Waals surface area contributed by atoms with Crippen molar-refractivity contribution in [1.82, 2.24) is 10.3 Å². The van der Waals surface area contributed by atoms with Crippen molar-refractivity contribution in [2.45, 2.75) is 44.4 Å². The highest BCUT2D eigenvalue weighted by atomic mass is 16.5. The fourth-order valence-electron chi connectivity index (χ4n) is 4.72. The third kappa shape index (κ3) is 4.45. The number of carbonyl (C=O) groups excluding carboxylic acids is 1. The van der Waals surface area contributed by atoms with Crippen LogP contribution < -0.4 is 10.2 Å². The number of amides is 1. The molecule has 5 heteroatoms. The molecule has 0 atom stereocenters. The lowest BCUT2D eigenvalue weighted by Gasteiger charge is -2.38. The van der Waals surface area contributed by atoms with E-state index in [1.165, 1.54) is 30.4 Å². The monoisotopic (exact) mass is 393 g/mol. The van der Waals surface area contributed by atoms with Gasteiger partial charge in [0.05, 0.1) is 18.8 Å². The molecule has 2 aliphatic rings. The Kier molecular flexibility index (Phi) is 6.14. The summed E-state index contributed by atoms with van der Waals surface area (Å²) < 4.78 is 5.45. The van der Waals surface area contributed by atoms with Gasteiger partial charge in [-0.05, 0) is 37.5 Å². The number of morpholine rings is 1. The Morgan fingerprint density at radius 2 is 1.93 bits per heavy atom. The van der Waals surface area contributed by atoms with Crippen LogP contribution in [0, 0.1) is 6.92 Å². The molecule has 1 aromatic carbocycles. The van der Waals surface area contributed by atoms with Crippen molar-refractivity contribution >= 4 is 11.7 Å². The van der Waals surface area contributed by atoms with E-state index in [1.54, 1.807) is 6.20 Å². The minimum Gasteiger partial charge on any atom is -0.378 e. The molecule has 1 N–H and O–H groups in total. The molecule has 1 aromatic heterocycles. The van der Waals surface area contributed by atoms with Crippen molar-refractivity contribution in [2.75, 3.05) is 37.7 Å². The lowest BCUT2D eigenvalue weighted by Crippen LogP contribution is -2.43. The minimum atomic E-state index is -0.0304. The molecule has 1 saturated carbocycles.